The van der Waals surface area contributed by atoms with Gasteiger partial charge in [0.05, 0.1) is 5.56 Å². The summed E-state index contributed by atoms with van der Waals surface area (Å²) >= 11 is 0. The fourth-order valence-corrected chi connectivity index (χ4v) is 4.09. The molecule has 0 atom stereocenters. The van der Waals surface area contributed by atoms with Crippen LogP contribution in [0.25, 0.3) is 5.78 Å². The molecule has 0 bridgehead atoms. The van der Waals surface area contributed by atoms with Crippen molar-refractivity contribution in [1.29, 1.82) is 0 Å². The molecule has 4 rings (SSSR count). The third-order valence-corrected chi connectivity index (χ3v) is 5.72. The van der Waals surface area contributed by atoms with Gasteiger partial charge in [-0.15, -0.1) is 5.10 Å². The molecule has 0 N–H and O–H groups in total. The Bertz CT molecular complexity index is 1230. The Labute approximate surface area is 184 Å². The average Bonchev–Trinajstić information content (AvgIpc) is 3.16. The number of alkyl halides is 6. The van der Waals surface area contributed by atoms with Gasteiger partial charge in [-0.05, 0) is 62.4 Å². The van der Waals surface area contributed by atoms with E-state index in [-0.39, 0.29) is 24.5 Å². The molecule has 0 radical (unpaired) electrons. The third kappa shape index (κ3) is 4.38. The smallest absolute Gasteiger partial charge is 0.312 e. The maximum atomic E-state index is 13.0. The first-order valence-electron chi connectivity index (χ1n) is 10.2. The van der Waals surface area contributed by atoms with E-state index in [1.165, 1.54) is 11.0 Å². The van der Waals surface area contributed by atoms with Crippen molar-refractivity contribution in [2.45, 2.75) is 51.9 Å². The van der Waals surface area contributed by atoms with E-state index in [4.69, 9.17) is 0 Å². The van der Waals surface area contributed by atoms with Crippen LogP contribution < -0.4 is 4.90 Å². The number of aromatic nitrogens is 4. The van der Waals surface area contributed by atoms with E-state index >= 15 is 0 Å². The van der Waals surface area contributed by atoms with Crippen LogP contribution in [0.2, 0.25) is 0 Å². The summed E-state index contributed by atoms with van der Waals surface area (Å²) in [6, 6.07) is 3.34. The van der Waals surface area contributed by atoms with E-state index in [1.54, 1.807) is 13.8 Å². The van der Waals surface area contributed by atoms with Crippen LogP contribution in [-0.2, 0) is 30.0 Å². The van der Waals surface area contributed by atoms with E-state index < -0.39 is 23.7 Å². The molecule has 3 aromatic rings. The first kappa shape index (κ1) is 23.0. The van der Waals surface area contributed by atoms with Gasteiger partial charge in [0.1, 0.15) is 0 Å². The summed E-state index contributed by atoms with van der Waals surface area (Å²) in [5.74, 6) is -1.77. The minimum absolute atomic E-state index is 0.0101. The second-order valence-corrected chi connectivity index (χ2v) is 7.90. The number of halogens is 6. The zero-order valence-corrected chi connectivity index (χ0v) is 17.7. The number of hydrogen-bond donors (Lipinski definition) is 0. The van der Waals surface area contributed by atoms with E-state index in [0.717, 1.165) is 16.6 Å². The lowest BCUT2D eigenvalue weighted by molar-refractivity contribution is -0.144. The predicted octanol–water partition coefficient (Wildman–Crippen LogP) is 4.69. The Kier molecular flexibility index (Phi) is 5.57. The lowest BCUT2D eigenvalue weighted by Crippen LogP contribution is -2.35. The molecule has 1 aliphatic rings. The molecule has 3 heterocycles. The SMILES string of the molecule is Cc1nc2nc(C(F)(F)F)nn2c(C)c1CCC(=O)N1CCCc2cc(C(F)(F)F)ccc21. The molecule has 1 aromatic carbocycles. The van der Waals surface area contributed by atoms with Gasteiger partial charge in [0, 0.05) is 30.0 Å². The quantitative estimate of drug-likeness (QED) is 0.520. The highest BCUT2D eigenvalue weighted by atomic mass is 19.4. The molecule has 0 fully saturated rings. The lowest BCUT2D eigenvalue weighted by atomic mass is 9.98. The molecular formula is C21H19F6N5O. The molecule has 0 unspecified atom stereocenters. The van der Waals surface area contributed by atoms with Crippen LogP contribution in [0.4, 0.5) is 32.0 Å². The number of aryl methyl sites for hydroxylation is 3. The molecule has 2 aromatic heterocycles. The minimum Gasteiger partial charge on any atom is -0.312 e. The maximum Gasteiger partial charge on any atom is 0.453 e. The number of nitrogens with zero attached hydrogens (tertiary/aromatic N) is 5. The average molecular weight is 471 g/mol. The molecule has 12 heteroatoms. The van der Waals surface area contributed by atoms with Crippen molar-refractivity contribution >= 4 is 17.4 Å². The first-order valence-corrected chi connectivity index (χ1v) is 10.2. The van der Waals surface area contributed by atoms with Crippen molar-refractivity contribution in [3.8, 4) is 0 Å². The Hall–Kier alpha value is -3.18. The van der Waals surface area contributed by atoms with Crippen LogP contribution >= 0.6 is 0 Å². The van der Waals surface area contributed by atoms with Crippen molar-refractivity contribution < 1.29 is 31.1 Å². The lowest BCUT2D eigenvalue weighted by Gasteiger charge is -2.30. The van der Waals surface area contributed by atoms with Crippen molar-refractivity contribution in [1.82, 2.24) is 19.6 Å². The van der Waals surface area contributed by atoms with Gasteiger partial charge in [0.25, 0.3) is 11.6 Å². The summed E-state index contributed by atoms with van der Waals surface area (Å²) < 4.78 is 78.9. The Balaban J connectivity index is 1.56. The highest BCUT2D eigenvalue weighted by Gasteiger charge is 2.37. The minimum atomic E-state index is -4.71. The second-order valence-electron chi connectivity index (χ2n) is 7.90. The highest BCUT2D eigenvalue weighted by Crippen LogP contribution is 2.35. The summed E-state index contributed by atoms with van der Waals surface area (Å²) in [4.78, 5) is 21.9. The van der Waals surface area contributed by atoms with Gasteiger partial charge in [-0.3, -0.25) is 4.79 Å². The summed E-state index contributed by atoms with van der Waals surface area (Å²) in [6.45, 7) is 3.57. The molecule has 0 aliphatic carbocycles. The monoisotopic (exact) mass is 471 g/mol. The van der Waals surface area contributed by atoms with E-state index in [1.807, 2.05) is 0 Å². The molecular weight excluding hydrogens is 452 g/mol. The fourth-order valence-electron chi connectivity index (χ4n) is 4.09. The first-order chi connectivity index (χ1) is 15.4. The number of benzene rings is 1. The number of hydrogen-bond acceptors (Lipinski definition) is 4. The van der Waals surface area contributed by atoms with Crippen LogP contribution in [0.1, 0.15) is 46.7 Å². The summed E-state index contributed by atoms with van der Waals surface area (Å²) in [6.07, 6.45) is -8.00. The number of carbonyl (C=O) groups is 1. The van der Waals surface area contributed by atoms with Crippen LogP contribution in [0, 0.1) is 13.8 Å². The number of rotatable bonds is 3. The van der Waals surface area contributed by atoms with Crippen LogP contribution in [0.5, 0.6) is 0 Å². The molecule has 0 saturated carbocycles. The Morgan fingerprint density at radius 3 is 2.45 bits per heavy atom. The van der Waals surface area contributed by atoms with Crippen molar-refractivity contribution in [2.75, 3.05) is 11.4 Å². The molecule has 0 spiro atoms. The highest BCUT2D eigenvalue weighted by molar-refractivity contribution is 5.94. The molecule has 176 valence electrons. The van der Waals surface area contributed by atoms with Crippen molar-refractivity contribution in [3.05, 3.63) is 52.1 Å². The molecule has 6 nitrogen and oxygen atoms in total. The largest absolute Gasteiger partial charge is 0.453 e. The summed E-state index contributed by atoms with van der Waals surface area (Å²) in [5.41, 5.74) is 1.55. The van der Waals surface area contributed by atoms with Crippen LogP contribution in [-0.4, -0.2) is 32.0 Å². The van der Waals surface area contributed by atoms with Gasteiger partial charge in [-0.2, -0.15) is 31.3 Å². The topological polar surface area (TPSA) is 63.4 Å². The number of anilines is 1. The van der Waals surface area contributed by atoms with Gasteiger partial charge >= 0.3 is 12.4 Å². The normalized spacial score (nSPS) is 14.6. The van der Waals surface area contributed by atoms with Crippen molar-refractivity contribution in [3.63, 3.8) is 0 Å². The van der Waals surface area contributed by atoms with Crippen LogP contribution in [0.3, 0.4) is 0 Å². The Morgan fingerprint density at radius 2 is 1.79 bits per heavy atom. The third-order valence-electron chi connectivity index (χ3n) is 5.72. The van der Waals surface area contributed by atoms with E-state index in [2.05, 4.69) is 15.1 Å². The van der Waals surface area contributed by atoms with Gasteiger partial charge in [0.2, 0.25) is 5.91 Å². The molecule has 1 aliphatic heterocycles. The van der Waals surface area contributed by atoms with Crippen molar-refractivity contribution in [2.24, 2.45) is 0 Å². The standard InChI is InChI=1S/C21H19F6N5O/c1-11-15(12(2)32-19(28-11)29-18(30-32)21(25,26)27)6-8-17(33)31-9-3-4-13-10-14(20(22,23)24)5-7-16(13)31/h5,7,10H,3-4,6,8-9H2,1-2H3. The Morgan fingerprint density at radius 1 is 1.06 bits per heavy atom. The predicted molar refractivity (Wildman–Crippen MR) is 106 cm³/mol. The number of carbonyl (C=O) groups excluding carboxylic acids is 1. The zero-order chi connectivity index (χ0) is 24.1. The molecule has 33 heavy (non-hydrogen) atoms. The fraction of sp³-hybridized carbons (Fsp3) is 0.429. The van der Waals surface area contributed by atoms with Gasteiger partial charge in [-0.25, -0.2) is 9.50 Å². The second kappa shape index (κ2) is 7.99. The molecule has 1 amide bonds. The number of amides is 1. The maximum absolute atomic E-state index is 13.0. The van der Waals surface area contributed by atoms with E-state index in [0.29, 0.717) is 47.6 Å². The van der Waals surface area contributed by atoms with E-state index in [9.17, 15) is 31.1 Å². The zero-order valence-electron chi connectivity index (χ0n) is 17.7. The van der Waals surface area contributed by atoms with Gasteiger partial charge in [0.15, 0.2) is 0 Å². The van der Waals surface area contributed by atoms with Gasteiger partial charge in [-0.1, -0.05) is 0 Å². The van der Waals surface area contributed by atoms with Crippen LogP contribution in [0.15, 0.2) is 18.2 Å². The number of fused-ring (bicyclic) bond motifs is 2. The summed E-state index contributed by atoms with van der Waals surface area (Å²) in [5, 5.41) is 3.49. The summed E-state index contributed by atoms with van der Waals surface area (Å²) in [7, 11) is 0. The molecule has 0 saturated heterocycles. The van der Waals surface area contributed by atoms with Gasteiger partial charge < -0.3 is 4.90 Å².